The van der Waals surface area contributed by atoms with Gasteiger partial charge < -0.3 is 9.84 Å². The molecule has 1 N–H and O–H groups in total. The fourth-order valence-electron chi connectivity index (χ4n) is 4.37. The third-order valence-corrected chi connectivity index (χ3v) is 6.65. The van der Waals surface area contributed by atoms with Crippen LogP contribution in [0.1, 0.15) is 41.1 Å². The lowest BCUT2D eigenvalue weighted by molar-refractivity contribution is 0.404. The van der Waals surface area contributed by atoms with Crippen molar-refractivity contribution in [3.8, 4) is 11.4 Å². The second kappa shape index (κ2) is 9.07. The summed E-state index contributed by atoms with van der Waals surface area (Å²) in [5, 5.41) is 8.15. The molecule has 2 heterocycles. The van der Waals surface area contributed by atoms with E-state index in [1.165, 1.54) is 17.7 Å². The standard InChI is InChI=1S/C28H25FN4OS/c1-16-7-5-9-21(13-16)26-31-27(34-32-26)24-19(4)33(23-12-11-17(2)18(3)14-23)28(35)30-25(24)20-8-6-10-22(29)15-20/h5-15,25H,1-4H3,(H,30,35). The molecule has 1 atom stereocenters. The molecule has 0 radical (unpaired) electrons. The van der Waals surface area contributed by atoms with E-state index in [0.29, 0.717) is 16.8 Å². The van der Waals surface area contributed by atoms with Crippen molar-refractivity contribution in [1.82, 2.24) is 15.5 Å². The van der Waals surface area contributed by atoms with E-state index in [1.807, 2.05) is 55.1 Å². The summed E-state index contributed by atoms with van der Waals surface area (Å²) in [4.78, 5) is 6.70. The zero-order valence-corrected chi connectivity index (χ0v) is 20.8. The average Bonchev–Trinajstić information content (AvgIpc) is 3.31. The van der Waals surface area contributed by atoms with Crippen LogP contribution < -0.4 is 10.2 Å². The minimum absolute atomic E-state index is 0.324. The number of hydrogen-bond acceptors (Lipinski definition) is 4. The van der Waals surface area contributed by atoms with Gasteiger partial charge in [-0.2, -0.15) is 4.98 Å². The van der Waals surface area contributed by atoms with Crippen molar-refractivity contribution < 1.29 is 8.91 Å². The van der Waals surface area contributed by atoms with Gasteiger partial charge in [-0.1, -0.05) is 47.1 Å². The van der Waals surface area contributed by atoms with Crippen LogP contribution >= 0.6 is 12.2 Å². The maximum absolute atomic E-state index is 14.2. The molecule has 5 rings (SSSR count). The number of nitrogens with zero attached hydrogens (tertiary/aromatic N) is 3. The summed E-state index contributed by atoms with van der Waals surface area (Å²) in [6.45, 7) is 8.14. The Hall–Kier alpha value is -3.84. The minimum atomic E-state index is -0.452. The van der Waals surface area contributed by atoms with Gasteiger partial charge in [0.05, 0.1) is 11.6 Å². The molecule has 0 saturated heterocycles. The molecule has 0 saturated carbocycles. The maximum atomic E-state index is 14.2. The topological polar surface area (TPSA) is 54.2 Å². The first-order valence-electron chi connectivity index (χ1n) is 11.4. The molecule has 4 aromatic rings. The molecule has 7 heteroatoms. The van der Waals surface area contributed by atoms with E-state index < -0.39 is 6.04 Å². The highest BCUT2D eigenvalue weighted by Crippen LogP contribution is 2.39. The highest BCUT2D eigenvalue weighted by atomic mass is 32.1. The van der Waals surface area contributed by atoms with Gasteiger partial charge in [0, 0.05) is 16.9 Å². The van der Waals surface area contributed by atoms with Gasteiger partial charge in [-0.05, 0) is 86.9 Å². The van der Waals surface area contributed by atoms with Crippen molar-refractivity contribution in [2.24, 2.45) is 0 Å². The Morgan fingerprint density at radius 1 is 0.943 bits per heavy atom. The van der Waals surface area contributed by atoms with Crippen molar-refractivity contribution in [2.75, 3.05) is 4.90 Å². The van der Waals surface area contributed by atoms with Crippen LogP contribution in [0, 0.1) is 26.6 Å². The van der Waals surface area contributed by atoms with E-state index in [4.69, 9.17) is 21.7 Å². The Morgan fingerprint density at radius 2 is 1.74 bits per heavy atom. The number of halogens is 1. The first-order valence-corrected chi connectivity index (χ1v) is 11.8. The predicted octanol–water partition coefficient (Wildman–Crippen LogP) is 6.67. The largest absolute Gasteiger partial charge is 0.351 e. The van der Waals surface area contributed by atoms with E-state index >= 15 is 0 Å². The van der Waals surface area contributed by atoms with Crippen LogP contribution in [0.4, 0.5) is 10.1 Å². The molecule has 1 aromatic heterocycles. The van der Waals surface area contributed by atoms with E-state index in [2.05, 4.69) is 36.5 Å². The van der Waals surface area contributed by atoms with Crippen LogP contribution in [0.2, 0.25) is 0 Å². The number of aromatic nitrogens is 2. The Bertz CT molecular complexity index is 1480. The zero-order chi connectivity index (χ0) is 24.7. The van der Waals surface area contributed by atoms with Crippen LogP contribution in [0.5, 0.6) is 0 Å². The molecule has 0 aliphatic carbocycles. The lowest BCUT2D eigenvalue weighted by atomic mass is 9.94. The first kappa shape index (κ1) is 22.9. The van der Waals surface area contributed by atoms with Crippen LogP contribution in [0.25, 0.3) is 17.0 Å². The molecule has 5 nitrogen and oxygen atoms in total. The second-order valence-electron chi connectivity index (χ2n) is 8.83. The Labute approximate surface area is 209 Å². The van der Waals surface area contributed by atoms with Crippen molar-refractivity contribution in [1.29, 1.82) is 0 Å². The lowest BCUT2D eigenvalue weighted by Gasteiger charge is -2.37. The summed E-state index contributed by atoms with van der Waals surface area (Å²) in [6.07, 6.45) is 0. The van der Waals surface area contributed by atoms with Gasteiger partial charge in [-0.3, -0.25) is 4.90 Å². The number of allylic oxidation sites excluding steroid dienone is 1. The Balaban J connectivity index is 1.67. The number of nitrogens with one attached hydrogen (secondary N) is 1. The molecule has 35 heavy (non-hydrogen) atoms. The minimum Gasteiger partial charge on any atom is -0.351 e. The van der Waals surface area contributed by atoms with Crippen LogP contribution in [0.3, 0.4) is 0 Å². The van der Waals surface area contributed by atoms with E-state index in [-0.39, 0.29) is 5.82 Å². The quantitative estimate of drug-likeness (QED) is 0.327. The SMILES string of the molecule is CC1=C(c2nc(-c3cccc(C)c3)no2)C(c2cccc(F)c2)NC(=S)N1c1ccc(C)c(C)c1. The van der Waals surface area contributed by atoms with Crippen molar-refractivity contribution in [3.05, 3.63) is 106 Å². The molecule has 176 valence electrons. The summed E-state index contributed by atoms with van der Waals surface area (Å²) in [5.41, 5.74) is 7.56. The van der Waals surface area contributed by atoms with Crippen molar-refractivity contribution >= 4 is 28.6 Å². The van der Waals surface area contributed by atoms with Crippen LogP contribution in [-0.2, 0) is 0 Å². The number of benzene rings is 3. The Morgan fingerprint density at radius 3 is 2.49 bits per heavy atom. The van der Waals surface area contributed by atoms with Gasteiger partial charge >= 0.3 is 0 Å². The molecule has 1 aliphatic heterocycles. The second-order valence-corrected chi connectivity index (χ2v) is 9.22. The zero-order valence-electron chi connectivity index (χ0n) is 20.0. The molecular formula is C28H25FN4OS. The highest BCUT2D eigenvalue weighted by molar-refractivity contribution is 7.80. The fraction of sp³-hybridized carbons (Fsp3) is 0.179. The summed E-state index contributed by atoms with van der Waals surface area (Å²) in [5.74, 6) is 0.528. The summed E-state index contributed by atoms with van der Waals surface area (Å²) in [7, 11) is 0. The normalized spacial score (nSPS) is 16.0. The van der Waals surface area contributed by atoms with Gasteiger partial charge in [0.2, 0.25) is 5.82 Å². The molecule has 0 fully saturated rings. The molecule has 1 unspecified atom stereocenters. The third kappa shape index (κ3) is 4.35. The fourth-order valence-corrected chi connectivity index (χ4v) is 4.73. The summed E-state index contributed by atoms with van der Waals surface area (Å²) >= 11 is 5.79. The highest BCUT2D eigenvalue weighted by Gasteiger charge is 2.35. The predicted molar refractivity (Wildman–Crippen MR) is 140 cm³/mol. The molecular weight excluding hydrogens is 459 g/mol. The van der Waals surface area contributed by atoms with Gasteiger partial charge in [0.25, 0.3) is 5.89 Å². The summed E-state index contributed by atoms with van der Waals surface area (Å²) < 4.78 is 20.0. The van der Waals surface area contributed by atoms with E-state index in [1.54, 1.807) is 6.07 Å². The van der Waals surface area contributed by atoms with Crippen molar-refractivity contribution in [3.63, 3.8) is 0 Å². The lowest BCUT2D eigenvalue weighted by Crippen LogP contribution is -2.46. The maximum Gasteiger partial charge on any atom is 0.258 e. The van der Waals surface area contributed by atoms with Gasteiger partial charge in [0.15, 0.2) is 5.11 Å². The Kier molecular flexibility index (Phi) is 5.94. The monoisotopic (exact) mass is 484 g/mol. The first-order chi connectivity index (χ1) is 16.8. The number of thiocarbonyl (C=S) groups is 1. The van der Waals surface area contributed by atoms with E-state index in [9.17, 15) is 4.39 Å². The van der Waals surface area contributed by atoms with Crippen LogP contribution in [0.15, 0.2) is 77.0 Å². The summed E-state index contributed by atoms with van der Waals surface area (Å²) in [6, 6.07) is 20.1. The molecule has 3 aromatic carbocycles. The molecule has 0 bridgehead atoms. The molecule has 0 spiro atoms. The molecule has 1 aliphatic rings. The number of rotatable bonds is 4. The number of aryl methyl sites for hydroxylation is 3. The number of hydrogen-bond donors (Lipinski definition) is 1. The smallest absolute Gasteiger partial charge is 0.258 e. The molecule has 0 amide bonds. The van der Waals surface area contributed by atoms with Gasteiger partial charge in [0.1, 0.15) is 5.82 Å². The van der Waals surface area contributed by atoms with Gasteiger partial charge in [-0.15, -0.1) is 0 Å². The van der Waals surface area contributed by atoms with E-state index in [0.717, 1.165) is 39.2 Å². The van der Waals surface area contributed by atoms with Crippen LogP contribution in [-0.4, -0.2) is 15.3 Å². The van der Waals surface area contributed by atoms with Gasteiger partial charge in [-0.25, -0.2) is 4.39 Å². The van der Waals surface area contributed by atoms with Crippen molar-refractivity contribution in [2.45, 2.75) is 33.7 Å². The third-order valence-electron chi connectivity index (χ3n) is 6.35. The average molecular weight is 485 g/mol. The number of anilines is 1.